The molecule has 2 N–H and O–H groups in total. The Morgan fingerprint density at radius 3 is 2.38 bits per heavy atom. The molecule has 0 bridgehead atoms. The lowest BCUT2D eigenvalue weighted by Crippen LogP contribution is -2.40. The lowest BCUT2D eigenvalue weighted by atomic mass is 9.77. The highest BCUT2D eigenvalue weighted by Crippen LogP contribution is 2.47. The van der Waals surface area contributed by atoms with Crippen molar-refractivity contribution in [3.05, 3.63) is 11.3 Å². The summed E-state index contributed by atoms with van der Waals surface area (Å²) in [6.07, 6.45) is 9.44. The molecule has 1 aromatic heterocycles. The van der Waals surface area contributed by atoms with E-state index in [-0.39, 0.29) is 6.04 Å². The molecule has 1 aromatic rings. The van der Waals surface area contributed by atoms with Crippen LogP contribution < -0.4 is 10.6 Å². The number of nitrogens with two attached hydrogens (primary N) is 1. The molecule has 118 valence electrons. The summed E-state index contributed by atoms with van der Waals surface area (Å²) in [5, 5.41) is 4.65. The Balaban J connectivity index is 1.78. The molecule has 0 aromatic carbocycles. The number of aryl methyl sites for hydroxylation is 2. The molecule has 1 aliphatic carbocycles. The molecule has 2 heterocycles. The molecule has 2 fully saturated rings. The van der Waals surface area contributed by atoms with Gasteiger partial charge in [0.1, 0.15) is 5.82 Å². The van der Waals surface area contributed by atoms with Crippen LogP contribution in [0.2, 0.25) is 0 Å². The largest absolute Gasteiger partial charge is 0.357 e. The quantitative estimate of drug-likeness (QED) is 0.931. The highest BCUT2D eigenvalue weighted by molar-refractivity contribution is 5.51. The third kappa shape index (κ3) is 2.83. The van der Waals surface area contributed by atoms with Crippen molar-refractivity contribution in [2.75, 3.05) is 18.0 Å². The van der Waals surface area contributed by atoms with Gasteiger partial charge in [-0.3, -0.25) is 4.68 Å². The van der Waals surface area contributed by atoms with Gasteiger partial charge < -0.3 is 10.6 Å². The van der Waals surface area contributed by atoms with Crippen molar-refractivity contribution in [3.63, 3.8) is 0 Å². The zero-order valence-electron chi connectivity index (χ0n) is 13.9. The molecule has 1 saturated heterocycles. The maximum Gasteiger partial charge on any atom is 0.130 e. The van der Waals surface area contributed by atoms with Gasteiger partial charge in [-0.25, -0.2) is 0 Å². The van der Waals surface area contributed by atoms with Crippen molar-refractivity contribution in [2.45, 2.75) is 64.8 Å². The topological polar surface area (TPSA) is 47.1 Å². The first-order chi connectivity index (χ1) is 10.0. The minimum atomic E-state index is 0.192. The lowest BCUT2D eigenvalue weighted by molar-refractivity contribution is 0.225. The zero-order chi connectivity index (χ0) is 15.0. The van der Waals surface area contributed by atoms with Gasteiger partial charge in [0.05, 0.1) is 5.69 Å². The van der Waals surface area contributed by atoms with Gasteiger partial charge in [0.15, 0.2) is 0 Å². The minimum absolute atomic E-state index is 0.192. The molecule has 1 aliphatic heterocycles. The van der Waals surface area contributed by atoms with E-state index >= 15 is 0 Å². The second-order valence-electron chi connectivity index (χ2n) is 7.39. The van der Waals surface area contributed by atoms with Crippen LogP contribution in [-0.4, -0.2) is 28.9 Å². The van der Waals surface area contributed by atoms with Gasteiger partial charge >= 0.3 is 0 Å². The van der Waals surface area contributed by atoms with Crippen molar-refractivity contribution in [3.8, 4) is 0 Å². The molecule has 0 radical (unpaired) electrons. The summed E-state index contributed by atoms with van der Waals surface area (Å²) in [6, 6.07) is 0.192. The van der Waals surface area contributed by atoms with Crippen molar-refractivity contribution in [1.29, 1.82) is 0 Å². The number of aromatic nitrogens is 2. The van der Waals surface area contributed by atoms with Gasteiger partial charge in [-0.2, -0.15) is 5.10 Å². The predicted molar refractivity (Wildman–Crippen MR) is 87.6 cm³/mol. The van der Waals surface area contributed by atoms with Crippen LogP contribution in [0.25, 0.3) is 0 Å². The van der Waals surface area contributed by atoms with Gasteiger partial charge in [0, 0.05) is 31.7 Å². The molecule has 1 saturated carbocycles. The Labute approximate surface area is 128 Å². The van der Waals surface area contributed by atoms with E-state index in [0.29, 0.717) is 5.41 Å². The van der Waals surface area contributed by atoms with Gasteiger partial charge in [-0.15, -0.1) is 0 Å². The summed E-state index contributed by atoms with van der Waals surface area (Å²) in [6.45, 7) is 6.57. The smallest absolute Gasteiger partial charge is 0.130 e. The fraction of sp³-hybridized carbons (Fsp3) is 0.824. The molecule has 4 nitrogen and oxygen atoms in total. The van der Waals surface area contributed by atoms with Crippen molar-refractivity contribution < 1.29 is 0 Å². The Kier molecular flexibility index (Phi) is 4.00. The van der Waals surface area contributed by atoms with Crippen LogP contribution in [0, 0.1) is 12.3 Å². The van der Waals surface area contributed by atoms with Crippen LogP contribution in [0.3, 0.4) is 0 Å². The van der Waals surface area contributed by atoms with Gasteiger partial charge in [-0.1, -0.05) is 12.8 Å². The molecular formula is C17H30N4. The van der Waals surface area contributed by atoms with E-state index in [9.17, 15) is 0 Å². The summed E-state index contributed by atoms with van der Waals surface area (Å²) in [5.41, 5.74) is 9.21. The predicted octanol–water partition coefficient (Wildman–Crippen LogP) is 2.78. The van der Waals surface area contributed by atoms with Crippen LogP contribution in [-0.2, 0) is 13.5 Å². The third-order valence-electron chi connectivity index (χ3n) is 5.63. The lowest BCUT2D eigenvalue weighted by Gasteiger charge is -2.40. The summed E-state index contributed by atoms with van der Waals surface area (Å²) < 4.78 is 2.07. The average molecular weight is 290 g/mol. The van der Waals surface area contributed by atoms with E-state index in [0.717, 1.165) is 12.1 Å². The van der Waals surface area contributed by atoms with Crippen LogP contribution in [0.4, 0.5) is 5.82 Å². The number of nitrogens with zero attached hydrogens (tertiary/aromatic N) is 3. The number of hydrogen-bond acceptors (Lipinski definition) is 3. The number of anilines is 1. The Morgan fingerprint density at radius 2 is 1.81 bits per heavy atom. The van der Waals surface area contributed by atoms with Crippen molar-refractivity contribution in [1.82, 2.24) is 9.78 Å². The van der Waals surface area contributed by atoms with Gasteiger partial charge in [0.25, 0.3) is 0 Å². The maximum absolute atomic E-state index is 6.04. The maximum atomic E-state index is 6.04. The molecule has 3 rings (SSSR count). The summed E-state index contributed by atoms with van der Waals surface area (Å²) in [7, 11) is 2.08. The van der Waals surface area contributed by atoms with Crippen molar-refractivity contribution >= 4 is 5.82 Å². The Bertz CT molecular complexity index is 487. The third-order valence-corrected chi connectivity index (χ3v) is 5.63. The molecule has 1 spiro atoms. The summed E-state index contributed by atoms with van der Waals surface area (Å²) >= 11 is 0. The first-order valence-corrected chi connectivity index (χ1v) is 8.54. The fourth-order valence-corrected chi connectivity index (χ4v) is 4.46. The fourth-order valence-electron chi connectivity index (χ4n) is 4.46. The first kappa shape index (κ1) is 14.9. The molecule has 1 unspecified atom stereocenters. The summed E-state index contributed by atoms with van der Waals surface area (Å²) in [5.74, 6) is 1.32. The molecular weight excluding hydrogens is 260 g/mol. The highest BCUT2D eigenvalue weighted by atomic mass is 15.4. The Hall–Kier alpha value is -1.03. The Morgan fingerprint density at radius 1 is 1.19 bits per heavy atom. The first-order valence-electron chi connectivity index (χ1n) is 8.54. The van der Waals surface area contributed by atoms with E-state index < -0.39 is 0 Å². The monoisotopic (exact) mass is 290 g/mol. The number of hydrogen-bond donors (Lipinski definition) is 1. The van der Waals surface area contributed by atoms with Gasteiger partial charge in [-0.05, 0) is 51.4 Å². The van der Waals surface area contributed by atoms with Gasteiger partial charge in [0.2, 0.25) is 0 Å². The van der Waals surface area contributed by atoms with Crippen LogP contribution in [0.1, 0.15) is 56.7 Å². The normalized spacial score (nSPS) is 23.0. The average Bonchev–Trinajstić information content (AvgIpc) is 2.98. The zero-order valence-corrected chi connectivity index (χ0v) is 13.9. The van der Waals surface area contributed by atoms with Crippen LogP contribution in [0.5, 0.6) is 0 Å². The SMILES string of the molecule is Cc1nn(C)c(N2CCC3(CCCC3)CC2)c1CC(C)N. The molecule has 2 aliphatic rings. The van der Waals surface area contributed by atoms with E-state index in [4.69, 9.17) is 5.73 Å². The van der Waals surface area contributed by atoms with E-state index in [1.165, 1.54) is 63.0 Å². The van der Waals surface area contributed by atoms with E-state index in [2.05, 4.69) is 35.6 Å². The second-order valence-corrected chi connectivity index (χ2v) is 7.39. The number of piperidine rings is 1. The minimum Gasteiger partial charge on any atom is -0.357 e. The van der Waals surface area contributed by atoms with E-state index in [1.54, 1.807) is 0 Å². The molecule has 4 heteroatoms. The van der Waals surface area contributed by atoms with Crippen LogP contribution >= 0.6 is 0 Å². The second kappa shape index (κ2) is 5.64. The molecule has 21 heavy (non-hydrogen) atoms. The number of rotatable bonds is 3. The highest BCUT2D eigenvalue weighted by Gasteiger charge is 2.38. The standard InChI is InChI=1S/C17H30N4/c1-13(18)12-15-14(2)19-20(3)16(15)21-10-8-17(9-11-21)6-4-5-7-17/h13H,4-12,18H2,1-3H3. The van der Waals surface area contributed by atoms with Crippen LogP contribution in [0.15, 0.2) is 0 Å². The van der Waals surface area contributed by atoms with E-state index in [1.807, 2.05) is 0 Å². The molecule has 1 atom stereocenters. The van der Waals surface area contributed by atoms with Crippen molar-refractivity contribution in [2.24, 2.45) is 18.2 Å². The summed E-state index contributed by atoms with van der Waals surface area (Å²) in [4.78, 5) is 2.56. The molecule has 0 amide bonds.